The lowest BCUT2D eigenvalue weighted by Crippen LogP contribution is -2.31. The van der Waals surface area contributed by atoms with Crippen molar-refractivity contribution in [3.05, 3.63) is 10.1 Å². The molecule has 0 N–H and O–H groups in total. The Hall–Kier alpha value is -0.740. The number of likely N-dealkylation sites (N-methyl/N-ethyl adjacent to an activating group) is 1. The minimum absolute atomic E-state index is 0.0382. The first-order valence-corrected chi connectivity index (χ1v) is 3.77. The van der Waals surface area contributed by atoms with Gasteiger partial charge in [0, 0.05) is 7.05 Å². The van der Waals surface area contributed by atoms with Crippen LogP contribution < -0.4 is 0 Å². The predicted molar refractivity (Wildman–Crippen MR) is 42.4 cm³/mol. The van der Waals surface area contributed by atoms with Gasteiger partial charge >= 0.3 is 5.97 Å². The Labute approximate surface area is 78.7 Å². The zero-order valence-electron chi connectivity index (χ0n) is 6.08. The fraction of sp³-hybridized carbons (Fsp3) is 0.333. The van der Waals surface area contributed by atoms with Gasteiger partial charge in [-0.05, 0) is 0 Å². The topological polar surface area (TPSA) is 46.6 Å². The molecule has 0 aromatic rings. The lowest BCUT2D eigenvalue weighted by molar-refractivity contribution is -0.147. The number of nitrogens with zero attached hydrogens (tertiary/aromatic N) is 1. The smallest absolute Gasteiger partial charge is 0.353 e. The molecule has 0 aromatic heterocycles. The van der Waals surface area contributed by atoms with Gasteiger partial charge in [0.2, 0.25) is 12.6 Å². The Morgan fingerprint density at radius 1 is 1.58 bits per heavy atom. The van der Waals surface area contributed by atoms with E-state index in [2.05, 4.69) is 4.74 Å². The summed E-state index contributed by atoms with van der Waals surface area (Å²) in [5, 5.41) is -0.133. The van der Waals surface area contributed by atoms with Crippen molar-refractivity contribution in [3.8, 4) is 0 Å². The number of esters is 1. The fourth-order valence-corrected chi connectivity index (χ4v) is 1.14. The van der Waals surface area contributed by atoms with Crippen molar-refractivity contribution in [3.63, 3.8) is 0 Å². The summed E-state index contributed by atoms with van der Waals surface area (Å²) >= 11 is 11.0. The van der Waals surface area contributed by atoms with Gasteiger partial charge in [-0.15, -0.1) is 0 Å². The minimum atomic E-state index is -0.871. The maximum atomic E-state index is 10.8. The molecule has 4 nitrogen and oxygen atoms in total. The number of carbonyl (C=O) groups is 2. The van der Waals surface area contributed by atoms with Crippen molar-refractivity contribution in [1.82, 2.24) is 4.90 Å². The van der Waals surface area contributed by atoms with Crippen molar-refractivity contribution < 1.29 is 14.3 Å². The zero-order chi connectivity index (χ0) is 9.30. The van der Waals surface area contributed by atoms with Gasteiger partial charge in [-0.25, -0.2) is 4.79 Å². The van der Waals surface area contributed by atoms with Crippen molar-refractivity contribution >= 4 is 35.6 Å². The van der Waals surface area contributed by atoms with Gasteiger partial charge in [0.05, 0.1) is 0 Å². The van der Waals surface area contributed by atoms with Gasteiger partial charge in [-0.3, -0.25) is 4.79 Å². The van der Waals surface area contributed by atoms with E-state index in [1.165, 1.54) is 7.05 Å². The van der Waals surface area contributed by atoms with E-state index in [1.54, 1.807) is 0 Å². The second-order valence-electron chi connectivity index (χ2n) is 2.19. The van der Waals surface area contributed by atoms with Crippen molar-refractivity contribution in [2.24, 2.45) is 0 Å². The number of rotatable bonds is 2. The highest BCUT2D eigenvalue weighted by atomic mass is 35.5. The summed E-state index contributed by atoms with van der Waals surface area (Å²) in [6.45, 7) is 0. The van der Waals surface area contributed by atoms with Crippen LogP contribution in [0.25, 0.3) is 0 Å². The fourth-order valence-electron chi connectivity index (χ4n) is 0.728. The van der Waals surface area contributed by atoms with Gasteiger partial charge in [0.1, 0.15) is 10.1 Å². The molecule has 0 fully saturated rings. The molecule has 1 aliphatic rings. The maximum Gasteiger partial charge on any atom is 0.353 e. The SMILES string of the molecule is CN(C=O)[C@H]1OC(=O)C(Cl)=C1Cl. The molecular weight excluding hydrogens is 205 g/mol. The summed E-state index contributed by atoms with van der Waals surface area (Å²) in [4.78, 5) is 22.1. The minimum Gasteiger partial charge on any atom is -0.432 e. The molecule has 1 amide bonds. The number of hydrogen-bond acceptors (Lipinski definition) is 3. The van der Waals surface area contributed by atoms with Crippen LogP contribution in [-0.4, -0.2) is 30.6 Å². The number of amides is 1. The second-order valence-corrected chi connectivity index (χ2v) is 2.98. The first kappa shape index (κ1) is 9.35. The van der Waals surface area contributed by atoms with E-state index >= 15 is 0 Å². The molecule has 0 bridgehead atoms. The lowest BCUT2D eigenvalue weighted by atomic mass is 10.5. The van der Waals surface area contributed by atoms with E-state index in [4.69, 9.17) is 23.2 Å². The molecule has 0 saturated carbocycles. The summed E-state index contributed by atoms with van der Waals surface area (Å²) in [5.74, 6) is -0.708. The van der Waals surface area contributed by atoms with Crippen molar-refractivity contribution in [2.45, 2.75) is 6.23 Å². The second kappa shape index (κ2) is 3.33. The molecule has 0 radical (unpaired) electrons. The van der Waals surface area contributed by atoms with Crippen LogP contribution in [0.3, 0.4) is 0 Å². The molecule has 0 saturated heterocycles. The third-order valence-corrected chi connectivity index (χ3v) is 2.19. The zero-order valence-corrected chi connectivity index (χ0v) is 7.59. The van der Waals surface area contributed by atoms with Gasteiger partial charge < -0.3 is 9.64 Å². The Morgan fingerprint density at radius 2 is 2.17 bits per heavy atom. The van der Waals surface area contributed by atoms with Crippen molar-refractivity contribution in [2.75, 3.05) is 7.05 Å². The lowest BCUT2D eigenvalue weighted by Gasteiger charge is -2.17. The standard InChI is InChI=1S/C6H5Cl2NO3/c1-9(2-10)5-3(7)4(8)6(11)12-5/h2,5H,1H3/t5-/m0/s1. The Kier molecular flexibility index (Phi) is 2.59. The van der Waals surface area contributed by atoms with E-state index in [9.17, 15) is 9.59 Å². The summed E-state index contributed by atoms with van der Waals surface area (Å²) < 4.78 is 4.66. The van der Waals surface area contributed by atoms with E-state index in [1.807, 2.05) is 0 Å². The monoisotopic (exact) mass is 209 g/mol. The first-order valence-electron chi connectivity index (χ1n) is 3.01. The number of carbonyl (C=O) groups excluding carboxylic acids is 2. The molecule has 0 aliphatic carbocycles. The molecule has 0 spiro atoms. The Morgan fingerprint density at radius 3 is 2.50 bits per heavy atom. The van der Waals surface area contributed by atoms with Crippen LogP contribution in [0.5, 0.6) is 0 Å². The molecule has 1 rings (SSSR count). The average Bonchev–Trinajstić information content (AvgIpc) is 2.32. The van der Waals surface area contributed by atoms with E-state index in [0.717, 1.165) is 4.90 Å². The van der Waals surface area contributed by atoms with Crippen LogP contribution in [0.4, 0.5) is 0 Å². The van der Waals surface area contributed by atoms with E-state index in [0.29, 0.717) is 6.41 Å². The van der Waals surface area contributed by atoms with Crippen LogP contribution in [0, 0.1) is 0 Å². The third-order valence-electron chi connectivity index (χ3n) is 1.36. The number of hydrogen-bond donors (Lipinski definition) is 0. The molecule has 1 aliphatic heterocycles. The van der Waals surface area contributed by atoms with Crippen LogP contribution >= 0.6 is 23.2 Å². The van der Waals surface area contributed by atoms with Crippen LogP contribution in [-0.2, 0) is 14.3 Å². The molecule has 0 aromatic carbocycles. The maximum absolute atomic E-state index is 10.8. The number of cyclic esters (lactones) is 1. The highest BCUT2D eigenvalue weighted by Crippen LogP contribution is 2.29. The average molecular weight is 210 g/mol. The third kappa shape index (κ3) is 1.40. The highest BCUT2D eigenvalue weighted by Gasteiger charge is 2.34. The molecular formula is C6H5Cl2NO3. The quantitative estimate of drug-likeness (QED) is 0.496. The van der Waals surface area contributed by atoms with Crippen molar-refractivity contribution in [1.29, 1.82) is 0 Å². The largest absolute Gasteiger partial charge is 0.432 e. The van der Waals surface area contributed by atoms with Gasteiger partial charge in [-0.1, -0.05) is 23.2 Å². The van der Waals surface area contributed by atoms with Crippen LogP contribution in [0.15, 0.2) is 10.1 Å². The molecule has 0 unspecified atom stereocenters. The van der Waals surface area contributed by atoms with E-state index < -0.39 is 12.2 Å². The van der Waals surface area contributed by atoms with Gasteiger partial charge in [-0.2, -0.15) is 0 Å². The Balaban J connectivity index is 2.86. The van der Waals surface area contributed by atoms with Crippen LogP contribution in [0.1, 0.15) is 0 Å². The molecule has 1 heterocycles. The first-order chi connectivity index (χ1) is 5.57. The summed E-state index contributed by atoms with van der Waals surface area (Å²) in [6.07, 6.45) is -0.375. The molecule has 12 heavy (non-hydrogen) atoms. The number of halogens is 2. The highest BCUT2D eigenvalue weighted by molar-refractivity contribution is 6.48. The molecule has 1 atom stereocenters. The normalized spacial score (nSPS) is 22.6. The molecule has 6 heteroatoms. The van der Waals surface area contributed by atoms with E-state index in [-0.39, 0.29) is 10.1 Å². The van der Waals surface area contributed by atoms with Gasteiger partial charge in [0.25, 0.3) is 0 Å². The predicted octanol–water partition coefficient (Wildman–Crippen LogP) is 0.647. The summed E-state index contributed by atoms with van der Waals surface area (Å²) in [7, 11) is 1.43. The number of ether oxygens (including phenoxy) is 1. The summed E-state index contributed by atoms with van der Waals surface area (Å²) in [5.41, 5.74) is 0. The summed E-state index contributed by atoms with van der Waals surface area (Å²) in [6, 6.07) is 0. The van der Waals surface area contributed by atoms with Gasteiger partial charge in [0.15, 0.2) is 0 Å². The van der Waals surface area contributed by atoms with Crippen LogP contribution in [0.2, 0.25) is 0 Å². The Bertz CT molecular complexity index is 264. The molecule has 66 valence electrons.